The first kappa shape index (κ1) is 11.8. The van der Waals surface area contributed by atoms with Gasteiger partial charge in [-0.25, -0.2) is 0 Å². The largest absolute Gasteiger partial charge is 0.460 e. The summed E-state index contributed by atoms with van der Waals surface area (Å²) in [6.45, 7) is 2.95. The molecule has 18 heavy (non-hydrogen) atoms. The fourth-order valence-corrected chi connectivity index (χ4v) is 2.29. The van der Waals surface area contributed by atoms with Gasteiger partial charge in [0.1, 0.15) is 11.3 Å². The number of hydrogen-bond acceptors (Lipinski definition) is 3. The molecule has 1 N–H and O–H groups in total. The van der Waals surface area contributed by atoms with Gasteiger partial charge >= 0.3 is 0 Å². The first-order valence-electron chi connectivity index (χ1n) is 6.71. The minimum atomic E-state index is 0.813. The summed E-state index contributed by atoms with van der Waals surface area (Å²) in [4.78, 5) is 2.44. The smallest absolute Gasteiger partial charge is 0.134 e. The zero-order chi connectivity index (χ0) is 12.4. The van der Waals surface area contributed by atoms with E-state index in [0.717, 1.165) is 37.0 Å². The minimum Gasteiger partial charge on any atom is -0.460 e. The van der Waals surface area contributed by atoms with Crippen molar-refractivity contribution in [1.82, 2.24) is 10.2 Å². The topological polar surface area (TPSA) is 28.4 Å². The van der Waals surface area contributed by atoms with Gasteiger partial charge in [0, 0.05) is 24.5 Å². The predicted molar refractivity (Wildman–Crippen MR) is 73.6 cm³/mol. The first-order chi connectivity index (χ1) is 8.83. The summed E-state index contributed by atoms with van der Waals surface area (Å²) in [5.74, 6) is 1.02. The van der Waals surface area contributed by atoms with E-state index < -0.39 is 0 Å². The van der Waals surface area contributed by atoms with Crippen LogP contribution in [-0.2, 0) is 6.54 Å². The van der Waals surface area contributed by atoms with Crippen LogP contribution in [0.1, 0.15) is 18.6 Å². The van der Waals surface area contributed by atoms with Gasteiger partial charge in [-0.2, -0.15) is 0 Å². The zero-order valence-electron chi connectivity index (χ0n) is 10.9. The summed E-state index contributed by atoms with van der Waals surface area (Å²) in [6.07, 6.45) is 2.75. The van der Waals surface area contributed by atoms with Crippen molar-refractivity contribution in [3.05, 3.63) is 36.1 Å². The van der Waals surface area contributed by atoms with Crippen LogP contribution in [0.15, 0.2) is 34.7 Å². The average molecular weight is 244 g/mol. The molecule has 1 saturated carbocycles. The molecule has 0 radical (unpaired) electrons. The third-order valence-electron chi connectivity index (χ3n) is 3.59. The van der Waals surface area contributed by atoms with Crippen molar-refractivity contribution >= 4 is 11.0 Å². The maximum atomic E-state index is 5.76. The van der Waals surface area contributed by atoms with Crippen molar-refractivity contribution in [3.63, 3.8) is 0 Å². The van der Waals surface area contributed by atoms with E-state index in [0.29, 0.717) is 0 Å². The number of fused-ring (bicyclic) bond motifs is 1. The van der Waals surface area contributed by atoms with E-state index in [1.807, 2.05) is 18.2 Å². The molecule has 0 saturated heterocycles. The lowest BCUT2D eigenvalue weighted by molar-refractivity contribution is 0.319. The second-order valence-electron chi connectivity index (χ2n) is 5.14. The van der Waals surface area contributed by atoms with Gasteiger partial charge in [0.05, 0.1) is 6.54 Å². The number of furan rings is 1. The van der Waals surface area contributed by atoms with E-state index in [1.165, 1.54) is 18.2 Å². The molecule has 3 heteroatoms. The Balaban J connectivity index is 1.47. The number of likely N-dealkylation sites (N-methyl/N-ethyl adjacent to an activating group) is 1. The van der Waals surface area contributed by atoms with Gasteiger partial charge in [-0.15, -0.1) is 0 Å². The Morgan fingerprint density at radius 1 is 1.33 bits per heavy atom. The molecule has 1 aliphatic rings. The fraction of sp³-hybridized carbons (Fsp3) is 0.467. The van der Waals surface area contributed by atoms with Gasteiger partial charge in [-0.3, -0.25) is 0 Å². The Bertz CT molecular complexity index is 483. The number of nitrogens with one attached hydrogen (secondary N) is 1. The Morgan fingerprint density at radius 2 is 2.17 bits per heavy atom. The van der Waals surface area contributed by atoms with Gasteiger partial charge in [0.15, 0.2) is 0 Å². The number of hydrogen-bond donors (Lipinski definition) is 1. The summed E-state index contributed by atoms with van der Waals surface area (Å²) < 4.78 is 5.76. The first-order valence-corrected chi connectivity index (χ1v) is 6.71. The van der Waals surface area contributed by atoms with Gasteiger partial charge in [0.25, 0.3) is 0 Å². The van der Waals surface area contributed by atoms with Crippen LogP contribution in [0.5, 0.6) is 0 Å². The molecule has 1 aromatic carbocycles. The van der Waals surface area contributed by atoms with Crippen LogP contribution in [0.25, 0.3) is 11.0 Å². The molecule has 2 aromatic rings. The molecule has 3 rings (SSSR count). The number of para-hydroxylation sites is 1. The second kappa shape index (κ2) is 5.12. The maximum Gasteiger partial charge on any atom is 0.134 e. The van der Waals surface area contributed by atoms with E-state index in [9.17, 15) is 0 Å². The highest BCUT2D eigenvalue weighted by Gasteiger charge is 2.25. The second-order valence-corrected chi connectivity index (χ2v) is 5.14. The van der Waals surface area contributed by atoms with Crippen molar-refractivity contribution in [1.29, 1.82) is 0 Å². The zero-order valence-corrected chi connectivity index (χ0v) is 10.9. The van der Waals surface area contributed by atoms with Crippen molar-refractivity contribution in [3.8, 4) is 0 Å². The third kappa shape index (κ3) is 2.74. The van der Waals surface area contributed by atoms with E-state index in [-0.39, 0.29) is 0 Å². The molecule has 1 aromatic heterocycles. The molecular formula is C15H20N2O. The Morgan fingerprint density at radius 3 is 2.94 bits per heavy atom. The van der Waals surface area contributed by atoms with Crippen molar-refractivity contribution in [2.45, 2.75) is 25.4 Å². The van der Waals surface area contributed by atoms with Crippen LogP contribution in [-0.4, -0.2) is 31.1 Å². The van der Waals surface area contributed by atoms with Crippen LogP contribution in [0.4, 0.5) is 0 Å². The lowest BCUT2D eigenvalue weighted by Crippen LogP contribution is -2.30. The van der Waals surface area contributed by atoms with Gasteiger partial charge < -0.3 is 14.6 Å². The van der Waals surface area contributed by atoms with Crippen LogP contribution < -0.4 is 5.32 Å². The summed E-state index contributed by atoms with van der Waals surface area (Å²) in [6, 6.07) is 11.1. The highest BCUT2D eigenvalue weighted by atomic mass is 16.3. The Hall–Kier alpha value is -1.32. The predicted octanol–water partition coefficient (Wildman–Crippen LogP) is 2.62. The molecule has 1 fully saturated rings. The Labute approximate surface area is 108 Å². The minimum absolute atomic E-state index is 0.813. The molecule has 0 spiro atoms. The van der Waals surface area contributed by atoms with Crippen molar-refractivity contribution in [2.24, 2.45) is 0 Å². The molecule has 1 heterocycles. The molecule has 1 aliphatic carbocycles. The van der Waals surface area contributed by atoms with Gasteiger partial charge in [0.2, 0.25) is 0 Å². The maximum absolute atomic E-state index is 5.76. The molecule has 0 atom stereocenters. The number of benzene rings is 1. The molecular weight excluding hydrogens is 224 g/mol. The molecule has 96 valence electrons. The highest BCUT2D eigenvalue weighted by Crippen LogP contribution is 2.24. The van der Waals surface area contributed by atoms with Crippen LogP contribution in [0.2, 0.25) is 0 Å². The number of rotatable bonds is 6. The van der Waals surface area contributed by atoms with E-state index >= 15 is 0 Å². The Kier molecular flexibility index (Phi) is 3.35. The van der Waals surface area contributed by atoms with Gasteiger partial charge in [-0.05, 0) is 32.0 Å². The van der Waals surface area contributed by atoms with Crippen molar-refractivity contribution in [2.75, 3.05) is 20.1 Å². The lowest BCUT2D eigenvalue weighted by Gasteiger charge is -2.15. The molecule has 3 nitrogen and oxygen atoms in total. The average Bonchev–Trinajstić information content (AvgIpc) is 3.14. The normalized spacial score (nSPS) is 15.7. The van der Waals surface area contributed by atoms with Crippen molar-refractivity contribution < 1.29 is 4.42 Å². The molecule has 0 aliphatic heterocycles. The summed E-state index contributed by atoms with van der Waals surface area (Å²) in [5, 5.41) is 4.63. The molecule has 0 amide bonds. The lowest BCUT2D eigenvalue weighted by atomic mass is 10.2. The van der Waals surface area contributed by atoms with E-state index in [1.54, 1.807) is 0 Å². The summed E-state index contributed by atoms with van der Waals surface area (Å²) in [5.41, 5.74) is 0.976. The monoisotopic (exact) mass is 244 g/mol. The number of nitrogens with zero attached hydrogens (tertiary/aromatic N) is 1. The van der Waals surface area contributed by atoms with Crippen LogP contribution in [0.3, 0.4) is 0 Å². The summed E-state index contributed by atoms with van der Waals surface area (Å²) in [7, 11) is 2.21. The third-order valence-corrected chi connectivity index (χ3v) is 3.59. The van der Waals surface area contributed by atoms with E-state index in [4.69, 9.17) is 4.42 Å². The van der Waals surface area contributed by atoms with Gasteiger partial charge in [-0.1, -0.05) is 18.2 Å². The van der Waals surface area contributed by atoms with Crippen LogP contribution >= 0.6 is 0 Å². The SMILES string of the molecule is CN(CCNCc1cc2ccccc2o1)C1CC1. The fourth-order valence-electron chi connectivity index (χ4n) is 2.29. The highest BCUT2D eigenvalue weighted by molar-refractivity contribution is 5.77. The standard InChI is InChI=1S/C15H20N2O/c1-17(13-6-7-13)9-8-16-11-14-10-12-4-2-3-5-15(12)18-14/h2-5,10,13,16H,6-9,11H2,1H3. The summed E-state index contributed by atoms with van der Waals surface area (Å²) >= 11 is 0. The molecule has 0 unspecified atom stereocenters. The van der Waals surface area contributed by atoms with Crippen LogP contribution in [0, 0.1) is 0 Å². The quantitative estimate of drug-likeness (QED) is 0.792. The molecule has 0 bridgehead atoms. The van der Waals surface area contributed by atoms with E-state index in [2.05, 4.69) is 29.4 Å².